The molecule has 7 heteroatoms. The van der Waals surface area contributed by atoms with E-state index >= 15 is 0 Å². The number of nitrogens with zero attached hydrogens (tertiary/aromatic N) is 2. The Labute approximate surface area is 191 Å². The molecule has 0 bridgehead atoms. The summed E-state index contributed by atoms with van der Waals surface area (Å²) in [4.78, 5) is 33.1. The van der Waals surface area contributed by atoms with Crippen LogP contribution in [-0.2, 0) is 24.2 Å². The van der Waals surface area contributed by atoms with E-state index in [1.165, 1.54) is 0 Å². The second-order valence-corrected chi connectivity index (χ2v) is 8.08. The molecule has 0 saturated heterocycles. The van der Waals surface area contributed by atoms with E-state index in [1.54, 1.807) is 12.3 Å². The molecule has 0 radical (unpaired) electrons. The molecule has 0 aliphatic carbocycles. The Morgan fingerprint density at radius 1 is 1.06 bits per heavy atom. The van der Waals surface area contributed by atoms with Crippen LogP contribution in [0.3, 0.4) is 0 Å². The second kappa shape index (κ2) is 9.65. The Hall–Kier alpha value is -4.00. The Morgan fingerprint density at radius 3 is 2.58 bits per heavy atom. The molecule has 4 rings (SSSR count). The van der Waals surface area contributed by atoms with Gasteiger partial charge in [-0.1, -0.05) is 36.4 Å². The molecule has 0 saturated carbocycles. The predicted molar refractivity (Wildman–Crippen MR) is 126 cm³/mol. The van der Waals surface area contributed by atoms with E-state index in [0.717, 1.165) is 27.6 Å². The largest absolute Gasteiger partial charge is 0.459 e. The molecule has 0 aliphatic rings. The van der Waals surface area contributed by atoms with Gasteiger partial charge in [-0.3, -0.25) is 4.79 Å². The fourth-order valence-electron chi connectivity index (χ4n) is 3.65. The average Bonchev–Trinajstić information content (AvgIpc) is 2.79. The Bertz CT molecular complexity index is 1360. The molecule has 33 heavy (non-hydrogen) atoms. The SMILES string of the molecule is Cc1ccc2c(C)c(CC(=O)CCc3ccc(COc4nccc(N)n4)cc3)c(=O)oc2c1. The Balaban J connectivity index is 1.34. The maximum atomic E-state index is 12.6. The number of benzene rings is 2. The minimum atomic E-state index is -0.438. The van der Waals surface area contributed by atoms with Crippen molar-refractivity contribution in [3.8, 4) is 6.01 Å². The second-order valence-electron chi connectivity index (χ2n) is 8.08. The quantitative estimate of drug-likeness (QED) is 0.408. The fraction of sp³-hybridized carbons (Fsp3) is 0.231. The van der Waals surface area contributed by atoms with Crippen LogP contribution >= 0.6 is 0 Å². The lowest BCUT2D eigenvalue weighted by Gasteiger charge is -2.08. The van der Waals surface area contributed by atoms with Gasteiger partial charge in [-0.25, -0.2) is 9.78 Å². The van der Waals surface area contributed by atoms with Gasteiger partial charge < -0.3 is 14.9 Å². The van der Waals surface area contributed by atoms with E-state index < -0.39 is 5.63 Å². The molecule has 2 aromatic carbocycles. The normalized spacial score (nSPS) is 11.0. The number of hydrogen-bond donors (Lipinski definition) is 1. The molecule has 168 valence electrons. The van der Waals surface area contributed by atoms with Crippen LogP contribution in [0.4, 0.5) is 5.82 Å². The van der Waals surface area contributed by atoms with Crippen LogP contribution in [0.2, 0.25) is 0 Å². The molecule has 0 atom stereocenters. The van der Waals surface area contributed by atoms with E-state index in [-0.39, 0.29) is 18.2 Å². The zero-order valence-corrected chi connectivity index (χ0v) is 18.6. The third-order valence-corrected chi connectivity index (χ3v) is 5.56. The predicted octanol–water partition coefficient (Wildman–Crippen LogP) is 4.11. The van der Waals surface area contributed by atoms with Gasteiger partial charge in [0, 0.05) is 30.0 Å². The van der Waals surface area contributed by atoms with Gasteiger partial charge in [0.05, 0.1) is 0 Å². The maximum absolute atomic E-state index is 12.6. The molecular formula is C26H25N3O4. The van der Waals surface area contributed by atoms with Crippen LogP contribution in [0.5, 0.6) is 6.01 Å². The lowest BCUT2D eigenvalue weighted by molar-refractivity contribution is -0.118. The fourth-order valence-corrected chi connectivity index (χ4v) is 3.65. The molecule has 2 heterocycles. The van der Waals surface area contributed by atoms with Gasteiger partial charge in [0.25, 0.3) is 0 Å². The number of Topliss-reactive ketones (excluding diaryl/α,β-unsaturated/α-hetero) is 1. The first-order valence-corrected chi connectivity index (χ1v) is 10.7. The van der Waals surface area contributed by atoms with Crippen LogP contribution in [0.1, 0.15) is 34.2 Å². The summed E-state index contributed by atoms with van der Waals surface area (Å²) in [5.74, 6) is 0.356. The summed E-state index contributed by atoms with van der Waals surface area (Å²) in [6.45, 7) is 4.13. The van der Waals surface area contributed by atoms with Gasteiger partial charge in [0.1, 0.15) is 23.8 Å². The smallest absolute Gasteiger partial charge is 0.340 e. The molecule has 2 aromatic heterocycles. The first-order chi connectivity index (χ1) is 15.9. The lowest BCUT2D eigenvalue weighted by Crippen LogP contribution is -2.15. The molecule has 0 fully saturated rings. The van der Waals surface area contributed by atoms with Crippen molar-refractivity contribution in [2.45, 2.75) is 39.7 Å². The third kappa shape index (κ3) is 5.44. The highest BCUT2D eigenvalue weighted by atomic mass is 16.5. The van der Waals surface area contributed by atoms with Gasteiger partial charge in [-0.15, -0.1) is 0 Å². The monoisotopic (exact) mass is 443 g/mol. The topological polar surface area (TPSA) is 108 Å². The number of aromatic nitrogens is 2. The number of hydrogen-bond acceptors (Lipinski definition) is 7. The number of nitrogen functional groups attached to an aromatic ring is 1. The zero-order chi connectivity index (χ0) is 23.4. The van der Waals surface area contributed by atoms with E-state index in [9.17, 15) is 9.59 Å². The number of fused-ring (bicyclic) bond motifs is 1. The lowest BCUT2D eigenvalue weighted by atomic mass is 9.98. The standard InChI is InChI=1S/C26H25N3O4/c1-16-3-10-21-17(2)22(25(31)33-23(21)13-16)14-20(30)9-8-18-4-6-19(7-5-18)15-32-26-28-12-11-24(27)29-26/h3-7,10-13H,8-9,14-15H2,1-2H3,(H2,27,28,29). The molecule has 4 aromatic rings. The highest BCUT2D eigenvalue weighted by Crippen LogP contribution is 2.21. The minimum Gasteiger partial charge on any atom is -0.459 e. The Kier molecular flexibility index (Phi) is 6.49. The number of anilines is 1. The molecule has 2 N–H and O–H groups in total. The van der Waals surface area contributed by atoms with Gasteiger partial charge in [0.15, 0.2) is 0 Å². The van der Waals surface area contributed by atoms with E-state index in [4.69, 9.17) is 14.9 Å². The highest BCUT2D eigenvalue weighted by molar-refractivity contribution is 5.85. The van der Waals surface area contributed by atoms with Crippen LogP contribution in [0.15, 0.2) is 63.9 Å². The van der Waals surface area contributed by atoms with Gasteiger partial charge >= 0.3 is 11.6 Å². The van der Waals surface area contributed by atoms with Crippen molar-refractivity contribution < 1.29 is 13.9 Å². The van der Waals surface area contributed by atoms with Crippen LogP contribution < -0.4 is 16.1 Å². The average molecular weight is 444 g/mol. The summed E-state index contributed by atoms with van der Waals surface area (Å²) in [5.41, 5.74) is 9.99. The number of ether oxygens (including phenoxy) is 1. The van der Waals surface area contributed by atoms with Gasteiger partial charge in [-0.2, -0.15) is 4.98 Å². The first-order valence-electron chi connectivity index (χ1n) is 10.7. The van der Waals surface area contributed by atoms with Crippen molar-refractivity contribution in [2.24, 2.45) is 0 Å². The maximum Gasteiger partial charge on any atom is 0.340 e. The van der Waals surface area contributed by atoms with Crippen molar-refractivity contribution >= 4 is 22.6 Å². The van der Waals surface area contributed by atoms with Gasteiger partial charge in [-0.05, 0) is 54.7 Å². The van der Waals surface area contributed by atoms with Crippen molar-refractivity contribution in [2.75, 3.05) is 5.73 Å². The summed E-state index contributed by atoms with van der Waals surface area (Å²) in [7, 11) is 0. The van der Waals surface area contributed by atoms with Crippen molar-refractivity contribution in [1.29, 1.82) is 0 Å². The van der Waals surface area contributed by atoms with E-state index in [0.29, 0.717) is 36.4 Å². The number of nitrogens with two attached hydrogens (primary N) is 1. The van der Waals surface area contributed by atoms with Crippen LogP contribution in [0.25, 0.3) is 11.0 Å². The van der Waals surface area contributed by atoms with Crippen molar-refractivity contribution in [3.05, 3.63) is 93.0 Å². The Morgan fingerprint density at radius 2 is 1.82 bits per heavy atom. The molecule has 0 unspecified atom stereocenters. The first kappa shape index (κ1) is 22.2. The summed E-state index contributed by atoms with van der Waals surface area (Å²) in [6, 6.07) is 15.4. The number of rotatable bonds is 8. The highest BCUT2D eigenvalue weighted by Gasteiger charge is 2.15. The van der Waals surface area contributed by atoms with Gasteiger partial charge in [0.2, 0.25) is 0 Å². The summed E-state index contributed by atoms with van der Waals surface area (Å²) in [6.07, 6.45) is 2.55. The molecule has 0 amide bonds. The summed E-state index contributed by atoms with van der Waals surface area (Å²) >= 11 is 0. The summed E-state index contributed by atoms with van der Waals surface area (Å²) in [5, 5.41) is 0.865. The number of carbonyl (C=O) groups excluding carboxylic acids is 1. The molecular weight excluding hydrogens is 418 g/mol. The zero-order valence-electron chi connectivity index (χ0n) is 18.6. The summed E-state index contributed by atoms with van der Waals surface area (Å²) < 4.78 is 11.0. The van der Waals surface area contributed by atoms with Crippen LogP contribution in [0, 0.1) is 13.8 Å². The van der Waals surface area contributed by atoms with Crippen molar-refractivity contribution in [3.63, 3.8) is 0 Å². The minimum absolute atomic E-state index is 0.00286. The number of ketones is 1. The van der Waals surface area contributed by atoms with E-state index in [2.05, 4.69) is 9.97 Å². The molecule has 0 spiro atoms. The third-order valence-electron chi connectivity index (χ3n) is 5.56. The number of aryl methyl sites for hydroxylation is 3. The van der Waals surface area contributed by atoms with Crippen molar-refractivity contribution in [1.82, 2.24) is 9.97 Å². The van der Waals surface area contributed by atoms with E-state index in [1.807, 2.05) is 56.3 Å². The molecule has 0 aliphatic heterocycles. The molecule has 7 nitrogen and oxygen atoms in total. The number of carbonyl (C=O) groups is 1. The van der Waals surface area contributed by atoms with Crippen LogP contribution in [-0.4, -0.2) is 15.8 Å².